The molecule has 2 N–H and O–H groups in total. The maximum absolute atomic E-state index is 13.2. The van der Waals surface area contributed by atoms with Crippen LogP contribution in [0.5, 0.6) is 0 Å². The standard InChI is InChI=1S/C21H22BrCl2N5O/c1-12-8-14(23)9-13(11-26-21(2,3)4)18(12)27-20(30)16-10-17(22)28-29(16)19-15(24)6-5-7-25-19/h5-10,26H,11H2,1-4H3,(H,27,30). The molecule has 30 heavy (non-hydrogen) atoms. The summed E-state index contributed by atoms with van der Waals surface area (Å²) in [5.41, 5.74) is 2.67. The van der Waals surface area contributed by atoms with Gasteiger partial charge in [0.05, 0.1) is 5.02 Å². The third kappa shape index (κ3) is 5.40. The molecule has 0 bridgehead atoms. The Hall–Kier alpha value is -1.93. The maximum atomic E-state index is 13.2. The fraction of sp³-hybridized carbons (Fsp3) is 0.286. The summed E-state index contributed by atoms with van der Waals surface area (Å²) in [7, 11) is 0. The Kier molecular flexibility index (Phi) is 6.87. The number of benzene rings is 1. The van der Waals surface area contributed by atoms with Gasteiger partial charge < -0.3 is 10.6 Å². The van der Waals surface area contributed by atoms with Gasteiger partial charge in [-0.15, -0.1) is 0 Å². The number of nitrogens with one attached hydrogen (secondary N) is 2. The van der Waals surface area contributed by atoms with Gasteiger partial charge in [-0.1, -0.05) is 23.2 Å². The highest BCUT2D eigenvalue weighted by atomic mass is 79.9. The SMILES string of the molecule is Cc1cc(Cl)cc(CNC(C)(C)C)c1NC(=O)c1cc(Br)nn1-c1ncccc1Cl. The van der Waals surface area contributed by atoms with Crippen molar-refractivity contribution in [3.63, 3.8) is 0 Å². The third-order valence-electron chi connectivity index (χ3n) is 4.28. The molecule has 3 aromatic rings. The lowest BCUT2D eigenvalue weighted by Gasteiger charge is -2.23. The van der Waals surface area contributed by atoms with E-state index in [1.54, 1.807) is 24.4 Å². The molecule has 158 valence electrons. The van der Waals surface area contributed by atoms with Gasteiger partial charge in [-0.3, -0.25) is 4.79 Å². The second-order valence-electron chi connectivity index (χ2n) is 7.89. The van der Waals surface area contributed by atoms with Crippen molar-refractivity contribution in [1.82, 2.24) is 20.1 Å². The number of halogens is 3. The van der Waals surface area contributed by atoms with Crippen molar-refractivity contribution in [1.29, 1.82) is 0 Å². The molecule has 2 heterocycles. The Morgan fingerprint density at radius 2 is 1.97 bits per heavy atom. The van der Waals surface area contributed by atoms with E-state index in [0.29, 0.717) is 38.4 Å². The predicted octanol–water partition coefficient (Wildman–Crippen LogP) is 5.79. The molecular formula is C21H22BrCl2N5O. The number of pyridine rings is 1. The maximum Gasteiger partial charge on any atom is 0.274 e. The number of amides is 1. The molecule has 1 aromatic carbocycles. The first kappa shape index (κ1) is 22.7. The van der Waals surface area contributed by atoms with E-state index in [-0.39, 0.29) is 11.4 Å². The topological polar surface area (TPSA) is 71.8 Å². The monoisotopic (exact) mass is 509 g/mol. The normalized spacial score (nSPS) is 11.6. The van der Waals surface area contributed by atoms with Crippen molar-refractivity contribution in [2.45, 2.75) is 39.8 Å². The Labute approximate surface area is 194 Å². The average Bonchev–Trinajstić information content (AvgIpc) is 3.03. The molecule has 0 aliphatic rings. The predicted molar refractivity (Wildman–Crippen MR) is 125 cm³/mol. The number of carbonyl (C=O) groups excluding carboxylic acids is 1. The molecule has 0 aliphatic carbocycles. The number of rotatable bonds is 5. The molecule has 0 atom stereocenters. The number of hydrogen-bond donors (Lipinski definition) is 2. The summed E-state index contributed by atoms with van der Waals surface area (Å²) in [6.07, 6.45) is 1.60. The van der Waals surface area contributed by atoms with Crippen LogP contribution >= 0.6 is 39.1 Å². The molecule has 2 aromatic heterocycles. The van der Waals surface area contributed by atoms with Gasteiger partial charge in [0.15, 0.2) is 5.82 Å². The molecule has 0 unspecified atom stereocenters. The first-order chi connectivity index (χ1) is 14.0. The van der Waals surface area contributed by atoms with Crippen LogP contribution in [-0.4, -0.2) is 26.2 Å². The van der Waals surface area contributed by atoms with Gasteiger partial charge in [0.25, 0.3) is 5.91 Å². The van der Waals surface area contributed by atoms with E-state index in [1.807, 2.05) is 19.1 Å². The number of aryl methyl sites for hydroxylation is 1. The molecule has 1 amide bonds. The van der Waals surface area contributed by atoms with Crippen LogP contribution in [0.2, 0.25) is 10.0 Å². The molecule has 9 heteroatoms. The van der Waals surface area contributed by atoms with Crippen LogP contribution in [0.25, 0.3) is 5.82 Å². The second-order valence-corrected chi connectivity index (χ2v) is 9.54. The molecule has 6 nitrogen and oxygen atoms in total. The van der Waals surface area contributed by atoms with Gasteiger partial charge in [0, 0.05) is 35.1 Å². The van der Waals surface area contributed by atoms with Gasteiger partial charge >= 0.3 is 0 Å². The molecule has 0 radical (unpaired) electrons. The highest BCUT2D eigenvalue weighted by molar-refractivity contribution is 9.10. The van der Waals surface area contributed by atoms with E-state index in [0.717, 1.165) is 11.1 Å². The third-order valence-corrected chi connectivity index (χ3v) is 5.18. The summed E-state index contributed by atoms with van der Waals surface area (Å²) >= 11 is 15.9. The number of hydrogen-bond acceptors (Lipinski definition) is 4. The number of nitrogens with zero attached hydrogens (tertiary/aromatic N) is 3. The largest absolute Gasteiger partial charge is 0.320 e. The van der Waals surface area contributed by atoms with Gasteiger partial charge in [0.1, 0.15) is 10.3 Å². The van der Waals surface area contributed by atoms with Crippen LogP contribution in [0.1, 0.15) is 42.4 Å². The van der Waals surface area contributed by atoms with E-state index in [9.17, 15) is 4.79 Å². The van der Waals surface area contributed by atoms with E-state index in [4.69, 9.17) is 23.2 Å². The number of aromatic nitrogens is 3. The van der Waals surface area contributed by atoms with Crippen molar-refractivity contribution >= 4 is 50.7 Å². The molecular weight excluding hydrogens is 489 g/mol. The zero-order valence-corrected chi connectivity index (χ0v) is 20.2. The Morgan fingerprint density at radius 1 is 1.23 bits per heavy atom. The number of carbonyl (C=O) groups is 1. The van der Waals surface area contributed by atoms with Crippen LogP contribution in [0.15, 0.2) is 41.1 Å². The van der Waals surface area contributed by atoms with Crippen molar-refractivity contribution in [2.24, 2.45) is 0 Å². The minimum atomic E-state index is -0.336. The number of anilines is 1. The van der Waals surface area contributed by atoms with Crippen LogP contribution in [0, 0.1) is 6.92 Å². The second kappa shape index (κ2) is 9.06. The van der Waals surface area contributed by atoms with Crippen LogP contribution in [-0.2, 0) is 6.54 Å². The first-order valence-corrected chi connectivity index (χ1v) is 10.8. The van der Waals surface area contributed by atoms with E-state index >= 15 is 0 Å². The van der Waals surface area contributed by atoms with Crippen LogP contribution in [0.3, 0.4) is 0 Å². The lowest BCUT2D eigenvalue weighted by Crippen LogP contribution is -2.35. The lowest BCUT2D eigenvalue weighted by atomic mass is 10.0. The fourth-order valence-corrected chi connectivity index (χ4v) is 3.75. The minimum absolute atomic E-state index is 0.0866. The Bertz CT molecular complexity index is 1090. The molecule has 0 aliphatic heterocycles. The Balaban J connectivity index is 1.97. The molecule has 0 fully saturated rings. The molecule has 0 saturated carbocycles. The summed E-state index contributed by atoms with van der Waals surface area (Å²) in [4.78, 5) is 17.5. The first-order valence-electron chi connectivity index (χ1n) is 9.27. The summed E-state index contributed by atoms with van der Waals surface area (Å²) < 4.78 is 1.91. The zero-order chi connectivity index (χ0) is 22.1. The minimum Gasteiger partial charge on any atom is -0.320 e. The van der Waals surface area contributed by atoms with E-state index < -0.39 is 0 Å². The highest BCUT2D eigenvalue weighted by Gasteiger charge is 2.21. The van der Waals surface area contributed by atoms with Crippen molar-refractivity contribution in [3.8, 4) is 5.82 Å². The molecule has 3 rings (SSSR count). The summed E-state index contributed by atoms with van der Waals surface area (Å²) in [5.74, 6) is 0.0369. The van der Waals surface area contributed by atoms with E-state index in [2.05, 4.69) is 57.4 Å². The van der Waals surface area contributed by atoms with E-state index in [1.165, 1.54) is 4.68 Å². The van der Waals surface area contributed by atoms with Crippen LogP contribution < -0.4 is 10.6 Å². The fourth-order valence-electron chi connectivity index (χ4n) is 2.88. The van der Waals surface area contributed by atoms with Crippen molar-refractivity contribution < 1.29 is 4.79 Å². The van der Waals surface area contributed by atoms with Crippen molar-refractivity contribution in [3.05, 3.63) is 68.0 Å². The molecule has 0 saturated heterocycles. The van der Waals surface area contributed by atoms with Crippen molar-refractivity contribution in [2.75, 3.05) is 5.32 Å². The van der Waals surface area contributed by atoms with Gasteiger partial charge in [-0.25, -0.2) is 9.67 Å². The quantitative estimate of drug-likeness (QED) is 0.456. The molecule has 0 spiro atoms. The van der Waals surface area contributed by atoms with Gasteiger partial charge in [-0.2, -0.15) is 5.10 Å². The van der Waals surface area contributed by atoms with Gasteiger partial charge in [-0.05, 0) is 79.0 Å². The van der Waals surface area contributed by atoms with Crippen LogP contribution in [0.4, 0.5) is 5.69 Å². The average molecular weight is 511 g/mol. The summed E-state index contributed by atoms with van der Waals surface area (Å²) in [5, 5.41) is 11.8. The smallest absolute Gasteiger partial charge is 0.274 e. The lowest BCUT2D eigenvalue weighted by molar-refractivity contribution is 0.101. The zero-order valence-electron chi connectivity index (χ0n) is 17.1. The summed E-state index contributed by atoms with van der Waals surface area (Å²) in [6, 6.07) is 8.71. The summed E-state index contributed by atoms with van der Waals surface area (Å²) in [6.45, 7) is 8.69. The van der Waals surface area contributed by atoms with Gasteiger partial charge in [0.2, 0.25) is 0 Å². The highest BCUT2D eigenvalue weighted by Crippen LogP contribution is 2.28. The Morgan fingerprint density at radius 3 is 2.63 bits per heavy atom.